The molecule has 0 saturated carbocycles. The van der Waals surface area contributed by atoms with Gasteiger partial charge in [-0.05, 0) is 17.7 Å². The van der Waals surface area contributed by atoms with Crippen LogP contribution in [0.5, 0.6) is 17.2 Å². The van der Waals surface area contributed by atoms with E-state index in [0.717, 1.165) is 16.8 Å². The van der Waals surface area contributed by atoms with E-state index >= 15 is 0 Å². The maximum atomic E-state index is 12.0. The summed E-state index contributed by atoms with van der Waals surface area (Å²) in [5.74, 6) is 2.66. The zero-order chi connectivity index (χ0) is 21.5. The molecular formula is C22H28N4O4. The molecule has 0 aromatic heterocycles. The fourth-order valence-corrected chi connectivity index (χ4v) is 3.53. The number of carbonyl (C=O) groups is 1. The molecule has 0 saturated heterocycles. The summed E-state index contributed by atoms with van der Waals surface area (Å²) < 4.78 is 16.2. The molecule has 0 bridgehead atoms. The highest BCUT2D eigenvalue weighted by Gasteiger charge is 2.24. The lowest BCUT2D eigenvalue weighted by atomic mass is 9.90. The summed E-state index contributed by atoms with van der Waals surface area (Å²) in [6.45, 7) is 1.07. The second-order valence-corrected chi connectivity index (χ2v) is 6.86. The molecule has 8 nitrogen and oxygen atoms in total. The van der Waals surface area contributed by atoms with E-state index in [0.29, 0.717) is 42.7 Å². The van der Waals surface area contributed by atoms with Crippen LogP contribution in [0.2, 0.25) is 0 Å². The molecular weight excluding hydrogens is 384 g/mol. The van der Waals surface area contributed by atoms with Gasteiger partial charge < -0.3 is 30.2 Å². The van der Waals surface area contributed by atoms with Gasteiger partial charge in [-0.2, -0.15) is 0 Å². The maximum absolute atomic E-state index is 12.0. The number of para-hydroxylation sites is 1. The van der Waals surface area contributed by atoms with Crippen molar-refractivity contribution < 1.29 is 19.0 Å². The summed E-state index contributed by atoms with van der Waals surface area (Å²) in [4.78, 5) is 16.3. The molecule has 3 N–H and O–H groups in total. The van der Waals surface area contributed by atoms with Crippen LogP contribution in [0.1, 0.15) is 23.5 Å². The molecule has 2 aromatic rings. The van der Waals surface area contributed by atoms with Crippen LogP contribution in [0.3, 0.4) is 0 Å². The highest BCUT2D eigenvalue weighted by atomic mass is 16.5. The van der Waals surface area contributed by atoms with Gasteiger partial charge >= 0.3 is 0 Å². The SMILES string of the molecule is CN=C(NCc1cc(OC)c(OC)cc1OC)NCC1CC(=O)Nc2ccccc21. The molecule has 1 aliphatic rings. The Morgan fingerprint density at radius 1 is 1.07 bits per heavy atom. The number of guanidine groups is 1. The highest BCUT2D eigenvalue weighted by Crippen LogP contribution is 2.34. The van der Waals surface area contributed by atoms with Crippen molar-refractivity contribution in [1.82, 2.24) is 10.6 Å². The van der Waals surface area contributed by atoms with Gasteiger partial charge in [0.15, 0.2) is 17.5 Å². The van der Waals surface area contributed by atoms with Crippen molar-refractivity contribution in [3.05, 3.63) is 47.5 Å². The van der Waals surface area contributed by atoms with Gasteiger partial charge in [0.2, 0.25) is 5.91 Å². The maximum Gasteiger partial charge on any atom is 0.225 e. The Morgan fingerprint density at radius 2 is 1.77 bits per heavy atom. The van der Waals surface area contributed by atoms with Gasteiger partial charge in [0, 0.05) is 49.8 Å². The number of benzene rings is 2. The van der Waals surface area contributed by atoms with E-state index in [2.05, 4.69) is 20.9 Å². The average molecular weight is 412 g/mol. The lowest BCUT2D eigenvalue weighted by molar-refractivity contribution is -0.116. The first-order chi connectivity index (χ1) is 14.6. The Balaban J connectivity index is 1.66. The predicted molar refractivity (Wildman–Crippen MR) is 117 cm³/mol. The second kappa shape index (κ2) is 9.87. The van der Waals surface area contributed by atoms with Crippen molar-refractivity contribution in [1.29, 1.82) is 0 Å². The van der Waals surface area contributed by atoms with E-state index < -0.39 is 0 Å². The number of amides is 1. The number of nitrogens with zero attached hydrogens (tertiary/aromatic N) is 1. The first-order valence-corrected chi connectivity index (χ1v) is 9.71. The molecule has 160 valence electrons. The van der Waals surface area contributed by atoms with E-state index in [1.807, 2.05) is 30.3 Å². The largest absolute Gasteiger partial charge is 0.496 e. The standard InChI is InChI=1S/C22H28N4O4/c1-23-22(24-12-14-10-21(27)26-17-8-6-5-7-16(14)17)25-13-15-9-19(29-3)20(30-4)11-18(15)28-2/h5-9,11,14H,10,12-13H2,1-4H3,(H,26,27)(H2,23,24,25). The lowest BCUT2D eigenvalue weighted by Gasteiger charge is -2.26. The molecule has 0 fully saturated rings. The molecule has 1 heterocycles. The number of ether oxygens (including phenoxy) is 3. The third-order valence-corrected chi connectivity index (χ3v) is 5.08. The van der Waals surface area contributed by atoms with E-state index in [-0.39, 0.29) is 11.8 Å². The Labute approximate surface area is 176 Å². The summed E-state index contributed by atoms with van der Waals surface area (Å²) in [6.07, 6.45) is 0.435. The molecule has 2 aromatic carbocycles. The number of aliphatic imine (C=N–C) groups is 1. The van der Waals surface area contributed by atoms with Crippen molar-refractivity contribution in [2.75, 3.05) is 40.2 Å². The molecule has 0 aliphatic carbocycles. The van der Waals surface area contributed by atoms with E-state index in [4.69, 9.17) is 14.2 Å². The molecule has 3 rings (SSSR count). The monoisotopic (exact) mass is 412 g/mol. The molecule has 8 heteroatoms. The summed E-state index contributed by atoms with van der Waals surface area (Å²) in [5, 5.41) is 9.53. The number of hydrogen-bond acceptors (Lipinski definition) is 5. The van der Waals surface area contributed by atoms with Crippen LogP contribution in [0.15, 0.2) is 41.4 Å². The lowest BCUT2D eigenvalue weighted by Crippen LogP contribution is -2.40. The molecule has 1 amide bonds. The van der Waals surface area contributed by atoms with Gasteiger partial charge in [-0.25, -0.2) is 0 Å². The fourth-order valence-electron chi connectivity index (χ4n) is 3.53. The van der Waals surface area contributed by atoms with Crippen molar-refractivity contribution >= 4 is 17.6 Å². The van der Waals surface area contributed by atoms with Crippen LogP contribution < -0.4 is 30.2 Å². The van der Waals surface area contributed by atoms with Gasteiger partial charge in [0.1, 0.15) is 5.75 Å². The molecule has 0 radical (unpaired) electrons. The highest BCUT2D eigenvalue weighted by molar-refractivity contribution is 5.94. The normalized spacial score (nSPS) is 15.7. The smallest absolute Gasteiger partial charge is 0.225 e. The minimum absolute atomic E-state index is 0.0264. The van der Waals surface area contributed by atoms with E-state index in [1.54, 1.807) is 34.4 Å². The van der Waals surface area contributed by atoms with Gasteiger partial charge in [-0.15, -0.1) is 0 Å². The van der Waals surface area contributed by atoms with Crippen molar-refractivity contribution in [2.45, 2.75) is 18.9 Å². The third-order valence-electron chi connectivity index (χ3n) is 5.08. The van der Waals surface area contributed by atoms with Crippen LogP contribution in [0.4, 0.5) is 5.69 Å². The van der Waals surface area contributed by atoms with Crippen LogP contribution in [-0.4, -0.2) is 46.8 Å². The zero-order valence-corrected chi connectivity index (χ0v) is 17.7. The summed E-state index contributed by atoms with van der Waals surface area (Å²) in [5.41, 5.74) is 2.90. The first-order valence-electron chi connectivity index (χ1n) is 9.71. The van der Waals surface area contributed by atoms with Gasteiger partial charge in [-0.3, -0.25) is 9.79 Å². The third kappa shape index (κ3) is 4.76. The number of methoxy groups -OCH3 is 3. The van der Waals surface area contributed by atoms with Crippen molar-refractivity contribution in [3.63, 3.8) is 0 Å². The number of hydrogen-bond donors (Lipinski definition) is 3. The van der Waals surface area contributed by atoms with Gasteiger partial charge in [0.25, 0.3) is 0 Å². The Kier molecular flexibility index (Phi) is 7.00. The number of anilines is 1. The first kappa shape index (κ1) is 21.3. The van der Waals surface area contributed by atoms with E-state index in [1.165, 1.54) is 0 Å². The number of rotatable bonds is 7. The van der Waals surface area contributed by atoms with Crippen LogP contribution in [-0.2, 0) is 11.3 Å². The van der Waals surface area contributed by atoms with Gasteiger partial charge in [0.05, 0.1) is 21.3 Å². The van der Waals surface area contributed by atoms with Crippen LogP contribution in [0, 0.1) is 0 Å². The molecule has 1 atom stereocenters. The summed E-state index contributed by atoms with van der Waals surface area (Å²) in [6, 6.07) is 11.6. The molecule has 1 aliphatic heterocycles. The molecule has 30 heavy (non-hydrogen) atoms. The predicted octanol–water partition coefficient (Wildman–Crippen LogP) is 2.50. The minimum atomic E-state index is 0.0264. The zero-order valence-electron chi connectivity index (χ0n) is 17.7. The van der Waals surface area contributed by atoms with E-state index in [9.17, 15) is 4.79 Å². The van der Waals surface area contributed by atoms with Crippen molar-refractivity contribution in [3.8, 4) is 17.2 Å². The Bertz CT molecular complexity index is 929. The molecule has 1 unspecified atom stereocenters. The van der Waals surface area contributed by atoms with Crippen molar-refractivity contribution in [2.24, 2.45) is 4.99 Å². The summed E-state index contributed by atoms with van der Waals surface area (Å²) in [7, 11) is 6.51. The Morgan fingerprint density at radius 3 is 2.47 bits per heavy atom. The van der Waals surface area contributed by atoms with Crippen LogP contribution >= 0.6 is 0 Å². The second-order valence-electron chi connectivity index (χ2n) is 6.86. The summed E-state index contributed by atoms with van der Waals surface area (Å²) >= 11 is 0. The number of carbonyl (C=O) groups excluding carboxylic acids is 1. The quantitative estimate of drug-likeness (QED) is 0.478. The average Bonchev–Trinajstić information content (AvgIpc) is 2.78. The minimum Gasteiger partial charge on any atom is -0.496 e. The van der Waals surface area contributed by atoms with Gasteiger partial charge in [-0.1, -0.05) is 18.2 Å². The number of fused-ring (bicyclic) bond motifs is 1. The number of nitrogens with one attached hydrogen (secondary N) is 3. The molecule has 0 spiro atoms. The Hall–Kier alpha value is -3.42. The van der Waals surface area contributed by atoms with Crippen LogP contribution in [0.25, 0.3) is 0 Å². The fraction of sp³-hybridized carbons (Fsp3) is 0.364. The topological polar surface area (TPSA) is 93.2 Å².